The second-order valence-corrected chi connectivity index (χ2v) is 7.29. The van der Waals surface area contributed by atoms with Gasteiger partial charge in [0.1, 0.15) is 11.4 Å². The van der Waals surface area contributed by atoms with Crippen LogP contribution in [0.1, 0.15) is 24.1 Å². The number of nitrogens with zero attached hydrogens (tertiary/aromatic N) is 4. The molecule has 28 heavy (non-hydrogen) atoms. The zero-order chi connectivity index (χ0) is 19.5. The smallest absolute Gasteiger partial charge is 0.229 e. The fourth-order valence-corrected chi connectivity index (χ4v) is 3.73. The van der Waals surface area contributed by atoms with Crippen LogP contribution in [0.3, 0.4) is 0 Å². The molecule has 1 fully saturated rings. The lowest BCUT2D eigenvalue weighted by Crippen LogP contribution is -2.49. The Morgan fingerprint density at radius 2 is 1.86 bits per heavy atom. The molecule has 2 aromatic heterocycles. The topological polar surface area (TPSA) is 50.1 Å². The van der Waals surface area contributed by atoms with Crippen LogP contribution in [0.5, 0.6) is 5.75 Å². The Bertz CT molecular complexity index is 910. The lowest BCUT2D eigenvalue weighted by atomic mass is 9.99. The molecule has 1 unspecified atom stereocenters. The molecule has 6 heteroatoms. The minimum atomic E-state index is -0.143. The average Bonchev–Trinajstić information content (AvgIpc) is 3.15. The van der Waals surface area contributed by atoms with Gasteiger partial charge in [-0.15, -0.1) is 0 Å². The molecule has 1 aliphatic rings. The molecule has 146 valence electrons. The van der Waals surface area contributed by atoms with E-state index in [1.165, 1.54) is 0 Å². The highest BCUT2D eigenvalue weighted by Gasteiger charge is 2.26. The van der Waals surface area contributed by atoms with E-state index < -0.39 is 0 Å². The molecule has 0 saturated carbocycles. The van der Waals surface area contributed by atoms with Gasteiger partial charge in [0, 0.05) is 45.1 Å². The summed E-state index contributed by atoms with van der Waals surface area (Å²) in [4.78, 5) is 21.9. The van der Waals surface area contributed by atoms with Crippen molar-refractivity contribution in [3.63, 3.8) is 0 Å². The number of rotatable bonds is 5. The normalized spacial score (nSPS) is 16.3. The molecule has 4 rings (SSSR count). The standard InChI is InChI=1S/C22H26N4O2/c1-17(18-6-8-20(28-2)9-7-18)22(27)25-13-11-24(12-14-25)15-19-16-26-10-4-3-5-21(26)23-19/h3-10,16-17H,11-15H2,1-2H3. The SMILES string of the molecule is COc1ccc(C(C)C(=O)N2CCN(Cc3cn4ccccc4n3)CC2)cc1. The first-order valence-corrected chi connectivity index (χ1v) is 9.72. The highest BCUT2D eigenvalue weighted by molar-refractivity contribution is 5.83. The fraction of sp³-hybridized carbons (Fsp3) is 0.364. The lowest BCUT2D eigenvalue weighted by Gasteiger charge is -2.35. The van der Waals surface area contributed by atoms with Crippen molar-refractivity contribution in [2.75, 3.05) is 33.3 Å². The number of hydrogen-bond donors (Lipinski definition) is 0. The van der Waals surface area contributed by atoms with E-state index in [-0.39, 0.29) is 11.8 Å². The summed E-state index contributed by atoms with van der Waals surface area (Å²) in [7, 11) is 1.65. The molecule has 0 radical (unpaired) electrons. The first-order chi connectivity index (χ1) is 13.6. The average molecular weight is 378 g/mol. The first-order valence-electron chi connectivity index (χ1n) is 9.72. The Hall–Kier alpha value is -2.86. The summed E-state index contributed by atoms with van der Waals surface area (Å²) in [6, 6.07) is 13.8. The summed E-state index contributed by atoms with van der Waals surface area (Å²) in [6.45, 7) is 6.05. The molecule has 0 spiro atoms. The van der Waals surface area contributed by atoms with E-state index in [9.17, 15) is 4.79 Å². The first kappa shape index (κ1) is 18.5. The molecule has 3 aromatic rings. The predicted molar refractivity (Wildman–Crippen MR) is 108 cm³/mol. The number of benzene rings is 1. The van der Waals surface area contributed by atoms with Crippen LogP contribution in [0.2, 0.25) is 0 Å². The molecular formula is C22H26N4O2. The fourth-order valence-electron chi connectivity index (χ4n) is 3.73. The van der Waals surface area contributed by atoms with E-state index in [1.807, 2.05) is 64.9 Å². The maximum absolute atomic E-state index is 12.9. The van der Waals surface area contributed by atoms with Crippen molar-refractivity contribution in [2.45, 2.75) is 19.4 Å². The number of amides is 1. The van der Waals surface area contributed by atoms with Gasteiger partial charge >= 0.3 is 0 Å². The van der Waals surface area contributed by atoms with Crippen molar-refractivity contribution in [2.24, 2.45) is 0 Å². The number of carbonyl (C=O) groups is 1. The molecular weight excluding hydrogens is 352 g/mol. The second-order valence-electron chi connectivity index (χ2n) is 7.29. The van der Waals surface area contributed by atoms with Crippen LogP contribution in [0.15, 0.2) is 54.9 Å². The van der Waals surface area contributed by atoms with Crippen molar-refractivity contribution in [1.29, 1.82) is 0 Å². The van der Waals surface area contributed by atoms with Gasteiger partial charge in [-0.3, -0.25) is 9.69 Å². The zero-order valence-corrected chi connectivity index (χ0v) is 16.4. The van der Waals surface area contributed by atoms with Gasteiger partial charge in [0.2, 0.25) is 5.91 Å². The van der Waals surface area contributed by atoms with E-state index in [2.05, 4.69) is 16.1 Å². The molecule has 0 aliphatic carbocycles. The number of piperazine rings is 1. The Morgan fingerprint density at radius 3 is 2.54 bits per heavy atom. The van der Waals surface area contributed by atoms with Crippen molar-refractivity contribution >= 4 is 11.6 Å². The number of ether oxygens (including phenoxy) is 1. The third-order valence-electron chi connectivity index (χ3n) is 5.47. The molecule has 0 N–H and O–H groups in total. The van der Waals surface area contributed by atoms with Crippen LogP contribution in [-0.4, -0.2) is 58.4 Å². The van der Waals surface area contributed by atoms with E-state index in [0.717, 1.165) is 55.4 Å². The largest absolute Gasteiger partial charge is 0.497 e. The van der Waals surface area contributed by atoms with Gasteiger partial charge in [-0.1, -0.05) is 18.2 Å². The Kier molecular flexibility index (Phi) is 5.30. The maximum atomic E-state index is 12.9. The van der Waals surface area contributed by atoms with Gasteiger partial charge in [0.05, 0.1) is 18.7 Å². The van der Waals surface area contributed by atoms with Crippen molar-refractivity contribution < 1.29 is 9.53 Å². The van der Waals surface area contributed by atoms with Gasteiger partial charge in [-0.2, -0.15) is 0 Å². The van der Waals surface area contributed by atoms with Crippen LogP contribution in [0.4, 0.5) is 0 Å². The van der Waals surface area contributed by atoms with Crippen molar-refractivity contribution in [1.82, 2.24) is 19.2 Å². The van der Waals surface area contributed by atoms with Gasteiger partial charge in [0.15, 0.2) is 0 Å². The summed E-state index contributed by atoms with van der Waals surface area (Å²) in [5, 5.41) is 0. The van der Waals surface area contributed by atoms with Gasteiger partial charge in [0.25, 0.3) is 0 Å². The van der Waals surface area contributed by atoms with E-state index in [4.69, 9.17) is 4.74 Å². The number of methoxy groups -OCH3 is 1. The highest BCUT2D eigenvalue weighted by atomic mass is 16.5. The molecule has 0 bridgehead atoms. The summed E-state index contributed by atoms with van der Waals surface area (Å²) in [6.07, 6.45) is 4.10. The van der Waals surface area contributed by atoms with Gasteiger partial charge < -0.3 is 14.0 Å². The summed E-state index contributed by atoms with van der Waals surface area (Å²) in [5.41, 5.74) is 3.06. The molecule has 1 aromatic carbocycles. The van der Waals surface area contributed by atoms with Crippen molar-refractivity contribution in [3.05, 3.63) is 66.1 Å². The lowest BCUT2D eigenvalue weighted by molar-refractivity contribution is -0.134. The minimum absolute atomic E-state index is 0.143. The zero-order valence-electron chi connectivity index (χ0n) is 16.4. The van der Waals surface area contributed by atoms with E-state index in [1.54, 1.807) is 7.11 Å². The van der Waals surface area contributed by atoms with E-state index >= 15 is 0 Å². The number of fused-ring (bicyclic) bond motifs is 1. The van der Waals surface area contributed by atoms with Crippen LogP contribution in [-0.2, 0) is 11.3 Å². The quantitative estimate of drug-likeness (QED) is 0.685. The van der Waals surface area contributed by atoms with Gasteiger partial charge in [-0.05, 0) is 36.8 Å². The molecule has 3 heterocycles. The second kappa shape index (κ2) is 8.02. The van der Waals surface area contributed by atoms with Crippen LogP contribution in [0.25, 0.3) is 5.65 Å². The number of aromatic nitrogens is 2. The number of pyridine rings is 1. The molecule has 1 saturated heterocycles. The molecule has 1 atom stereocenters. The predicted octanol–water partition coefficient (Wildman–Crippen LogP) is 2.79. The van der Waals surface area contributed by atoms with Gasteiger partial charge in [-0.25, -0.2) is 4.98 Å². The molecule has 1 aliphatic heterocycles. The molecule has 6 nitrogen and oxygen atoms in total. The minimum Gasteiger partial charge on any atom is -0.497 e. The van der Waals surface area contributed by atoms with Crippen LogP contribution < -0.4 is 4.74 Å². The number of imidazole rings is 1. The van der Waals surface area contributed by atoms with E-state index in [0.29, 0.717) is 0 Å². The Morgan fingerprint density at radius 1 is 1.11 bits per heavy atom. The monoisotopic (exact) mass is 378 g/mol. The number of hydrogen-bond acceptors (Lipinski definition) is 4. The molecule has 1 amide bonds. The Labute approximate surface area is 165 Å². The summed E-state index contributed by atoms with van der Waals surface area (Å²) >= 11 is 0. The maximum Gasteiger partial charge on any atom is 0.229 e. The highest BCUT2D eigenvalue weighted by Crippen LogP contribution is 2.22. The van der Waals surface area contributed by atoms with Crippen molar-refractivity contribution in [3.8, 4) is 5.75 Å². The summed E-state index contributed by atoms with van der Waals surface area (Å²) in [5.74, 6) is 0.859. The third-order valence-corrected chi connectivity index (χ3v) is 5.47. The Balaban J connectivity index is 1.33. The number of carbonyl (C=O) groups excluding carboxylic acids is 1. The summed E-state index contributed by atoms with van der Waals surface area (Å²) < 4.78 is 7.25. The third kappa shape index (κ3) is 3.87. The van der Waals surface area contributed by atoms with Crippen LogP contribution in [0, 0.1) is 0 Å². The van der Waals surface area contributed by atoms with Crippen LogP contribution >= 0.6 is 0 Å².